The molecule has 4 nitrogen and oxygen atoms in total. The molecule has 0 heterocycles. The molecule has 3 N–H and O–H groups in total. The number of carboxylic acid groups (broad SMARTS) is 1. The number of aliphatic hydroxyl groups is 2. The van der Waals surface area contributed by atoms with Gasteiger partial charge in [0, 0.05) is 13.2 Å². The average Bonchev–Trinajstić information content (AvgIpc) is 2.14. The molecule has 0 spiro atoms. The quantitative estimate of drug-likeness (QED) is 0.381. The van der Waals surface area contributed by atoms with Crippen LogP contribution in [0.2, 0.25) is 0 Å². The summed E-state index contributed by atoms with van der Waals surface area (Å²) in [6.07, 6.45) is 3.83. The van der Waals surface area contributed by atoms with Gasteiger partial charge in [0.25, 0.3) is 0 Å². The summed E-state index contributed by atoms with van der Waals surface area (Å²) in [5.41, 5.74) is 0. The van der Waals surface area contributed by atoms with Gasteiger partial charge in [-0.1, -0.05) is 12.8 Å². The first-order valence-corrected chi connectivity index (χ1v) is 4.86. The number of unbranched alkanes of at least 4 members (excludes halogenated alkanes) is 3. The molecule has 0 aromatic rings. The molecule has 0 aromatic carbocycles. The normalized spacial score (nSPS) is 8.85. The van der Waals surface area contributed by atoms with Crippen LogP contribution in [-0.4, -0.2) is 40.3 Å². The zero-order valence-corrected chi connectivity index (χ0v) is 8.54. The highest BCUT2D eigenvalue weighted by Gasteiger charge is 1.84. The molecule has 0 saturated heterocycles. The molecule has 0 radical (unpaired) electrons. The zero-order chi connectivity index (χ0) is 10.5. The van der Waals surface area contributed by atoms with Gasteiger partial charge >= 0.3 is 5.97 Å². The molecule has 80 valence electrons. The lowest BCUT2D eigenvalue weighted by Crippen LogP contribution is -1.92. The first-order chi connectivity index (χ1) is 6.18. The van der Waals surface area contributed by atoms with Gasteiger partial charge in [0.1, 0.15) is 0 Å². The number of aliphatic carboxylic acids is 1. The van der Waals surface area contributed by atoms with Gasteiger partial charge in [-0.3, -0.25) is 4.79 Å². The van der Waals surface area contributed by atoms with Gasteiger partial charge in [0.05, 0.1) is 5.75 Å². The molecule has 0 saturated carbocycles. The van der Waals surface area contributed by atoms with Crippen LogP contribution in [0.15, 0.2) is 0 Å². The predicted molar refractivity (Wildman–Crippen MR) is 54.1 cm³/mol. The Morgan fingerprint density at radius 2 is 1.31 bits per heavy atom. The highest BCUT2D eigenvalue weighted by atomic mass is 32.1. The highest BCUT2D eigenvalue weighted by molar-refractivity contribution is 7.81. The molecule has 0 aliphatic heterocycles. The number of thiol groups is 1. The molecule has 13 heavy (non-hydrogen) atoms. The summed E-state index contributed by atoms with van der Waals surface area (Å²) in [5.74, 6) is -0.965. The molecule has 0 fully saturated rings. The van der Waals surface area contributed by atoms with E-state index in [0.717, 1.165) is 25.7 Å². The number of hydrogen-bond donors (Lipinski definition) is 4. The van der Waals surface area contributed by atoms with Crippen molar-refractivity contribution in [1.29, 1.82) is 0 Å². The van der Waals surface area contributed by atoms with Gasteiger partial charge in [-0.2, -0.15) is 12.6 Å². The third kappa shape index (κ3) is 24.5. The molecule has 0 rings (SSSR count). The first kappa shape index (κ1) is 15.2. The summed E-state index contributed by atoms with van der Waals surface area (Å²) >= 11 is 3.42. The fraction of sp³-hybridized carbons (Fsp3) is 0.875. The fourth-order valence-electron chi connectivity index (χ4n) is 0.577. The molecule has 0 amide bonds. The maximum absolute atomic E-state index is 9.29. The second-order valence-corrected chi connectivity index (χ2v) is 2.73. The van der Waals surface area contributed by atoms with Crippen LogP contribution in [0.5, 0.6) is 0 Å². The molecular formula is C8H18O4S. The van der Waals surface area contributed by atoms with E-state index in [1.54, 1.807) is 0 Å². The van der Waals surface area contributed by atoms with Crippen LogP contribution in [-0.2, 0) is 4.79 Å². The lowest BCUT2D eigenvalue weighted by atomic mass is 10.2. The average molecular weight is 210 g/mol. The van der Waals surface area contributed by atoms with Crippen LogP contribution in [0.25, 0.3) is 0 Å². The first-order valence-electron chi connectivity index (χ1n) is 4.23. The molecule has 5 heteroatoms. The van der Waals surface area contributed by atoms with Crippen molar-refractivity contribution in [1.82, 2.24) is 0 Å². The van der Waals surface area contributed by atoms with Crippen molar-refractivity contribution in [3.63, 3.8) is 0 Å². The largest absolute Gasteiger partial charge is 0.481 e. The molecular weight excluding hydrogens is 192 g/mol. The summed E-state index contributed by atoms with van der Waals surface area (Å²) in [4.78, 5) is 9.29. The molecule has 0 aliphatic rings. The van der Waals surface area contributed by atoms with E-state index in [9.17, 15) is 4.79 Å². The molecule has 0 aliphatic carbocycles. The van der Waals surface area contributed by atoms with Crippen LogP contribution < -0.4 is 0 Å². The Morgan fingerprint density at radius 3 is 1.46 bits per heavy atom. The van der Waals surface area contributed by atoms with E-state index in [0.29, 0.717) is 0 Å². The topological polar surface area (TPSA) is 77.8 Å². The van der Waals surface area contributed by atoms with Crippen molar-refractivity contribution >= 4 is 18.6 Å². The van der Waals surface area contributed by atoms with Crippen molar-refractivity contribution in [3.05, 3.63) is 0 Å². The van der Waals surface area contributed by atoms with Crippen LogP contribution in [0.3, 0.4) is 0 Å². The Kier molecular flexibility index (Phi) is 16.7. The fourth-order valence-corrected chi connectivity index (χ4v) is 0.577. The van der Waals surface area contributed by atoms with Crippen LogP contribution in [0.4, 0.5) is 0 Å². The monoisotopic (exact) mass is 210 g/mol. The number of carboxylic acids is 1. The third-order valence-corrected chi connectivity index (χ3v) is 1.47. The number of hydrogen-bond acceptors (Lipinski definition) is 4. The van der Waals surface area contributed by atoms with E-state index in [-0.39, 0.29) is 19.0 Å². The van der Waals surface area contributed by atoms with Crippen molar-refractivity contribution in [2.75, 3.05) is 19.0 Å². The lowest BCUT2D eigenvalue weighted by molar-refractivity contribution is -0.133. The molecule has 0 atom stereocenters. The minimum Gasteiger partial charge on any atom is -0.481 e. The second kappa shape index (κ2) is 14.3. The maximum atomic E-state index is 9.29. The van der Waals surface area contributed by atoms with Crippen LogP contribution in [0.1, 0.15) is 25.7 Å². The maximum Gasteiger partial charge on any atom is 0.313 e. The Hall–Kier alpha value is -0.260. The lowest BCUT2D eigenvalue weighted by Gasteiger charge is -1.93. The minimum absolute atomic E-state index is 0.0833. The summed E-state index contributed by atoms with van der Waals surface area (Å²) in [6.45, 7) is 0.566. The van der Waals surface area contributed by atoms with Crippen molar-refractivity contribution in [2.24, 2.45) is 0 Å². The van der Waals surface area contributed by atoms with Gasteiger partial charge in [-0.25, -0.2) is 0 Å². The Bertz CT molecular complexity index is 102. The Morgan fingerprint density at radius 1 is 1.00 bits per heavy atom. The van der Waals surface area contributed by atoms with Gasteiger partial charge in [-0.05, 0) is 12.8 Å². The van der Waals surface area contributed by atoms with E-state index in [4.69, 9.17) is 15.3 Å². The minimum atomic E-state index is -0.881. The van der Waals surface area contributed by atoms with Crippen molar-refractivity contribution in [2.45, 2.75) is 25.7 Å². The van der Waals surface area contributed by atoms with E-state index >= 15 is 0 Å². The SMILES string of the molecule is O=C(O)CS.OCCCCCCO. The molecule has 0 aromatic heterocycles. The number of aliphatic hydroxyl groups excluding tert-OH is 2. The standard InChI is InChI=1S/C6H14O2.C2H4O2S/c7-5-3-1-2-4-6-8;3-2(4)1-5/h7-8H,1-6H2;5H,1H2,(H,3,4). The Balaban J connectivity index is 0. The summed E-state index contributed by atoms with van der Waals surface area (Å²) in [6, 6.07) is 0. The van der Waals surface area contributed by atoms with Crippen molar-refractivity contribution < 1.29 is 20.1 Å². The van der Waals surface area contributed by atoms with Crippen LogP contribution >= 0.6 is 12.6 Å². The summed E-state index contributed by atoms with van der Waals surface area (Å²) in [5, 5.41) is 24.3. The highest BCUT2D eigenvalue weighted by Crippen LogP contribution is 1.96. The second-order valence-electron chi connectivity index (χ2n) is 2.41. The predicted octanol–water partition coefficient (Wildman–Crippen LogP) is 0.532. The number of rotatable bonds is 6. The van der Waals surface area contributed by atoms with E-state index in [1.165, 1.54) is 0 Å². The third-order valence-electron chi connectivity index (χ3n) is 1.20. The zero-order valence-electron chi connectivity index (χ0n) is 7.65. The molecule has 0 bridgehead atoms. The van der Waals surface area contributed by atoms with Gasteiger partial charge in [0.15, 0.2) is 0 Å². The Labute approximate surface area is 84.0 Å². The smallest absolute Gasteiger partial charge is 0.313 e. The van der Waals surface area contributed by atoms with E-state index in [2.05, 4.69) is 12.6 Å². The van der Waals surface area contributed by atoms with Crippen LogP contribution in [0, 0.1) is 0 Å². The van der Waals surface area contributed by atoms with E-state index < -0.39 is 5.97 Å². The van der Waals surface area contributed by atoms with Crippen molar-refractivity contribution in [3.8, 4) is 0 Å². The van der Waals surface area contributed by atoms with Gasteiger partial charge in [-0.15, -0.1) is 0 Å². The van der Waals surface area contributed by atoms with E-state index in [1.807, 2.05) is 0 Å². The number of carbonyl (C=O) groups is 1. The van der Waals surface area contributed by atoms with Gasteiger partial charge < -0.3 is 15.3 Å². The summed E-state index contributed by atoms with van der Waals surface area (Å²) < 4.78 is 0. The van der Waals surface area contributed by atoms with Gasteiger partial charge in [0.2, 0.25) is 0 Å². The summed E-state index contributed by atoms with van der Waals surface area (Å²) in [7, 11) is 0. The molecule has 0 unspecified atom stereocenters.